The highest BCUT2D eigenvalue weighted by Gasteiger charge is 2.33. The van der Waals surface area contributed by atoms with E-state index in [1.54, 1.807) is 0 Å². The molecular weight excluding hydrogens is 432 g/mol. The number of pyridine rings is 1. The van der Waals surface area contributed by atoms with Crippen molar-refractivity contribution in [3.05, 3.63) is 75.8 Å². The number of hydrogen-bond acceptors (Lipinski definition) is 7. The maximum absolute atomic E-state index is 13.4. The number of benzene rings is 2. The number of piperidine rings is 1. The highest BCUT2D eigenvalue weighted by molar-refractivity contribution is 5.83. The summed E-state index contributed by atoms with van der Waals surface area (Å²) in [6.07, 6.45) is 2.25. The van der Waals surface area contributed by atoms with E-state index in [1.807, 2.05) is 41.1 Å². The third kappa shape index (κ3) is 3.81. The van der Waals surface area contributed by atoms with Crippen LogP contribution in [-0.4, -0.2) is 50.0 Å². The summed E-state index contributed by atoms with van der Waals surface area (Å²) in [6, 6.07) is 15.4. The number of rotatable bonds is 5. The second kappa shape index (κ2) is 8.57. The van der Waals surface area contributed by atoms with Gasteiger partial charge in [0.15, 0.2) is 17.3 Å². The van der Waals surface area contributed by atoms with Crippen LogP contribution in [0.5, 0.6) is 11.5 Å². The van der Waals surface area contributed by atoms with Crippen molar-refractivity contribution in [2.75, 3.05) is 19.9 Å². The van der Waals surface area contributed by atoms with Crippen molar-refractivity contribution in [3.8, 4) is 11.5 Å². The van der Waals surface area contributed by atoms with E-state index >= 15 is 0 Å². The summed E-state index contributed by atoms with van der Waals surface area (Å²) in [6.45, 7) is 4.73. The summed E-state index contributed by atoms with van der Waals surface area (Å²) in [5.41, 5.74) is 2.29. The Morgan fingerprint density at radius 1 is 1.15 bits per heavy atom. The quantitative estimate of drug-likeness (QED) is 0.491. The average Bonchev–Trinajstić information content (AvgIpc) is 3.48. The normalized spacial score (nSPS) is 18.9. The van der Waals surface area contributed by atoms with E-state index in [9.17, 15) is 4.79 Å². The van der Waals surface area contributed by atoms with Crippen LogP contribution in [0, 0.1) is 5.92 Å². The lowest BCUT2D eigenvalue weighted by Crippen LogP contribution is -2.41. The van der Waals surface area contributed by atoms with E-state index < -0.39 is 0 Å². The highest BCUT2D eigenvalue weighted by atomic mass is 16.7. The van der Waals surface area contributed by atoms with Gasteiger partial charge < -0.3 is 14.5 Å². The van der Waals surface area contributed by atoms with Gasteiger partial charge in [0.2, 0.25) is 6.79 Å². The molecule has 0 saturated carbocycles. The predicted molar refractivity (Wildman–Crippen MR) is 126 cm³/mol. The molecule has 1 fully saturated rings. The molecule has 9 heteroatoms. The van der Waals surface area contributed by atoms with Gasteiger partial charge >= 0.3 is 0 Å². The van der Waals surface area contributed by atoms with Crippen LogP contribution in [0.2, 0.25) is 0 Å². The Morgan fingerprint density at radius 2 is 1.97 bits per heavy atom. The fraction of sp³-hybridized carbons (Fsp3) is 0.360. The van der Waals surface area contributed by atoms with Gasteiger partial charge in [0.25, 0.3) is 5.56 Å². The molecule has 0 amide bonds. The molecule has 0 unspecified atom stereocenters. The molecule has 2 aromatic heterocycles. The number of tetrazole rings is 1. The third-order valence-corrected chi connectivity index (χ3v) is 6.69. The molecule has 34 heavy (non-hydrogen) atoms. The van der Waals surface area contributed by atoms with Gasteiger partial charge in [-0.05, 0) is 53.4 Å². The Morgan fingerprint density at radius 3 is 2.79 bits per heavy atom. The Balaban J connectivity index is 1.47. The van der Waals surface area contributed by atoms with Crippen molar-refractivity contribution in [1.82, 2.24) is 30.1 Å². The summed E-state index contributed by atoms with van der Waals surface area (Å²) in [4.78, 5) is 18.8. The van der Waals surface area contributed by atoms with Crippen LogP contribution < -0.4 is 15.0 Å². The number of hydrogen-bond donors (Lipinski definition) is 1. The molecule has 6 rings (SSSR count). The molecule has 0 bridgehead atoms. The number of nitrogens with zero attached hydrogens (tertiary/aromatic N) is 5. The minimum atomic E-state index is -0.361. The van der Waals surface area contributed by atoms with Gasteiger partial charge in [-0.15, -0.1) is 5.10 Å². The van der Waals surface area contributed by atoms with Gasteiger partial charge in [-0.25, -0.2) is 4.68 Å². The van der Waals surface area contributed by atoms with Crippen molar-refractivity contribution in [1.29, 1.82) is 0 Å². The predicted octanol–water partition coefficient (Wildman–Crippen LogP) is 3.11. The lowest BCUT2D eigenvalue weighted by molar-refractivity contribution is 0.141. The van der Waals surface area contributed by atoms with Gasteiger partial charge in [-0.1, -0.05) is 37.3 Å². The zero-order valence-electron chi connectivity index (χ0n) is 19.0. The van der Waals surface area contributed by atoms with E-state index in [4.69, 9.17) is 9.47 Å². The van der Waals surface area contributed by atoms with Gasteiger partial charge in [0, 0.05) is 23.6 Å². The van der Waals surface area contributed by atoms with E-state index in [0.29, 0.717) is 40.9 Å². The monoisotopic (exact) mass is 458 g/mol. The van der Waals surface area contributed by atoms with Crippen molar-refractivity contribution in [2.24, 2.45) is 5.92 Å². The minimum absolute atomic E-state index is 0.149. The lowest BCUT2D eigenvalue weighted by atomic mass is 9.95. The van der Waals surface area contributed by atoms with Crippen molar-refractivity contribution in [2.45, 2.75) is 32.4 Å². The maximum atomic E-state index is 13.4. The summed E-state index contributed by atoms with van der Waals surface area (Å²) in [5.74, 6) is 2.53. The summed E-state index contributed by atoms with van der Waals surface area (Å²) in [7, 11) is 0. The molecule has 4 heterocycles. The fourth-order valence-electron chi connectivity index (χ4n) is 5.05. The smallest absolute Gasteiger partial charge is 0.253 e. The first-order chi connectivity index (χ1) is 16.7. The van der Waals surface area contributed by atoms with E-state index in [2.05, 4.69) is 44.5 Å². The summed E-state index contributed by atoms with van der Waals surface area (Å²) in [5, 5.41) is 13.6. The molecule has 0 radical (unpaired) electrons. The largest absolute Gasteiger partial charge is 0.454 e. The molecule has 2 aliphatic heterocycles. The Labute approximate surface area is 196 Å². The first kappa shape index (κ1) is 20.9. The molecule has 4 aromatic rings. The SMILES string of the molecule is C[C@@H]1CCCN([C@@H](c2cc3cc4c(cc3[nH]c2=O)OCO4)c2nnnn2Cc2ccccc2)C1. The van der Waals surface area contributed by atoms with E-state index in [1.165, 1.54) is 6.42 Å². The van der Waals surface area contributed by atoms with Crippen LogP contribution in [0.1, 0.15) is 42.8 Å². The van der Waals surface area contributed by atoms with E-state index in [0.717, 1.165) is 30.5 Å². The fourth-order valence-corrected chi connectivity index (χ4v) is 5.05. The average molecular weight is 459 g/mol. The first-order valence-electron chi connectivity index (χ1n) is 11.7. The standard InChI is InChI=1S/C25H26N6O3/c1-16-6-5-9-30(13-16)23(24-27-28-29-31(24)14-17-7-3-2-4-8-17)19-10-18-11-21-22(34-15-33-21)12-20(18)26-25(19)32/h2-4,7-8,10-12,16,23H,5-6,9,13-15H2,1H3,(H,26,32)/t16-,23+/m1/s1. The van der Waals surface area contributed by atoms with Crippen LogP contribution in [-0.2, 0) is 6.54 Å². The molecule has 1 N–H and O–H groups in total. The number of ether oxygens (including phenoxy) is 2. The van der Waals surface area contributed by atoms with Crippen LogP contribution in [0.25, 0.3) is 10.9 Å². The van der Waals surface area contributed by atoms with Crippen molar-refractivity contribution >= 4 is 10.9 Å². The molecule has 2 atom stereocenters. The molecule has 9 nitrogen and oxygen atoms in total. The Hall–Kier alpha value is -3.72. The number of aromatic amines is 1. The van der Waals surface area contributed by atoms with Gasteiger partial charge in [0.05, 0.1) is 12.1 Å². The second-order valence-electron chi connectivity index (χ2n) is 9.17. The van der Waals surface area contributed by atoms with Crippen LogP contribution >= 0.6 is 0 Å². The van der Waals surface area contributed by atoms with Crippen LogP contribution in [0.15, 0.2) is 53.3 Å². The van der Waals surface area contributed by atoms with Crippen molar-refractivity contribution in [3.63, 3.8) is 0 Å². The molecule has 0 spiro atoms. The molecular formula is C25H26N6O3. The van der Waals surface area contributed by atoms with Gasteiger partial charge in [-0.2, -0.15) is 0 Å². The van der Waals surface area contributed by atoms with Crippen LogP contribution in [0.3, 0.4) is 0 Å². The van der Waals surface area contributed by atoms with Crippen molar-refractivity contribution < 1.29 is 9.47 Å². The highest BCUT2D eigenvalue weighted by Crippen LogP contribution is 2.37. The Bertz CT molecular complexity index is 1380. The minimum Gasteiger partial charge on any atom is -0.454 e. The van der Waals surface area contributed by atoms with Gasteiger partial charge in [0.1, 0.15) is 6.04 Å². The third-order valence-electron chi connectivity index (χ3n) is 6.69. The number of aromatic nitrogens is 5. The number of nitrogens with one attached hydrogen (secondary N) is 1. The van der Waals surface area contributed by atoms with Crippen LogP contribution in [0.4, 0.5) is 0 Å². The zero-order valence-corrected chi connectivity index (χ0v) is 19.0. The van der Waals surface area contributed by atoms with Gasteiger partial charge in [-0.3, -0.25) is 9.69 Å². The second-order valence-corrected chi connectivity index (χ2v) is 9.17. The number of H-pyrrole nitrogens is 1. The summed E-state index contributed by atoms with van der Waals surface area (Å²) >= 11 is 0. The lowest BCUT2D eigenvalue weighted by Gasteiger charge is -2.36. The molecule has 2 aromatic carbocycles. The molecule has 0 aliphatic carbocycles. The topological polar surface area (TPSA) is 98.2 Å². The molecule has 174 valence electrons. The molecule has 2 aliphatic rings. The Kier molecular flexibility index (Phi) is 5.26. The maximum Gasteiger partial charge on any atom is 0.253 e. The number of fused-ring (bicyclic) bond motifs is 2. The summed E-state index contributed by atoms with van der Waals surface area (Å²) < 4.78 is 12.9. The zero-order chi connectivity index (χ0) is 23.1. The number of likely N-dealkylation sites (tertiary alicyclic amines) is 1. The first-order valence-corrected chi connectivity index (χ1v) is 11.7. The van der Waals surface area contributed by atoms with E-state index in [-0.39, 0.29) is 18.4 Å². The molecule has 1 saturated heterocycles.